The van der Waals surface area contributed by atoms with Gasteiger partial charge in [0.1, 0.15) is 5.78 Å². The van der Waals surface area contributed by atoms with Crippen molar-refractivity contribution >= 4 is 33.4 Å². The van der Waals surface area contributed by atoms with Crippen molar-refractivity contribution in [2.24, 2.45) is 41.4 Å². The molecule has 2 spiro atoms. The summed E-state index contributed by atoms with van der Waals surface area (Å²) in [4.78, 5) is 26.8. The number of halogens is 1. The molecule has 63 heavy (non-hydrogen) atoms. The van der Waals surface area contributed by atoms with E-state index >= 15 is 0 Å². The molecule has 4 saturated heterocycles. The van der Waals surface area contributed by atoms with Gasteiger partial charge >= 0.3 is 5.97 Å². The normalized spacial score (nSPS) is 40.9. The van der Waals surface area contributed by atoms with Crippen molar-refractivity contribution in [2.45, 2.75) is 204 Å². The number of carboxylic acid groups (broad SMARTS) is 1. The van der Waals surface area contributed by atoms with E-state index in [1.165, 1.54) is 24.3 Å². The molecule has 1 aromatic carbocycles. The van der Waals surface area contributed by atoms with E-state index in [1.807, 2.05) is 55.4 Å². The number of hydrogen-bond acceptors (Lipinski definition) is 11. The van der Waals surface area contributed by atoms with Crippen molar-refractivity contribution in [1.82, 2.24) is 4.72 Å². The first-order chi connectivity index (χ1) is 29.5. The lowest BCUT2D eigenvalue weighted by atomic mass is 9.72. The maximum atomic E-state index is 14.7. The van der Waals surface area contributed by atoms with Gasteiger partial charge in [0.25, 0.3) is 0 Å². The first kappa shape index (κ1) is 50.4. The van der Waals surface area contributed by atoms with Crippen LogP contribution in [0.3, 0.4) is 0 Å². The molecule has 1 aromatic rings. The number of ether oxygens (including phenoxy) is 5. The summed E-state index contributed by atoms with van der Waals surface area (Å²) in [6.45, 7) is 19.3. The third-order valence-electron chi connectivity index (χ3n) is 15.9. The predicted molar refractivity (Wildman–Crippen MR) is 238 cm³/mol. The van der Waals surface area contributed by atoms with Gasteiger partial charge in [0.15, 0.2) is 11.6 Å². The number of aliphatic hydroxyl groups is 2. The molecular weight excluding hydrogens is 850 g/mol. The average Bonchev–Trinajstić information content (AvgIpc) is 3.58. The topological polar surface area (TPSA) is 187 Å². The smallest absolute Gasteiger partial charge is 0.309 e. The molecule has 18 atom stereocenters. The molecular formula is C48H74ClNO12S. The molecule has 5 aliphatic rings. The highest BCUT2D eigenvalue weighted by atomic mass is 35.5. The van der Waals surface area contributed by atoms with Gasteiger partial charge in [0, 0.05) is 35.1 Å². The molecule has 0 bridgehead atoms. The maximum Gasteiger partial charge on any atom is 0.309 e. The lowest BCUT2D eigenvalue weighted by Crippen LogP contribution is -2.65. The number of sulfonamides is 1. The van der Waals surface area contributed by atoms with Gasteiger partial charge in [-0.1, -0.05) is 73.1 Å². The molecule has 5 aliphatic heterocycles. The van der Waals surface area contributed by atoms with Crippen molar-refractivity contribution in [3.05, 3.63) is 41.4 Å². The van der Waals surface area contributed by atoms with Crippen LogP contribution in [0.2, 0.25) is 5.02 Å². The van der Waals surface area contributed by atoms with E-state index in [2.05, 4.69) is 11.6 Å². The molecule has 356 valence electrons. The minimum atomic E-state index is -4.11. The van der Waals surface area contributed by atoms with Crippen molar-refractivity contribution in [2.75, 3.05) is 0 Å². The Morgan fingerprint density at radius 3 is 2.17 bits per heavy atom. The van der Waals surface area contributed by atoms with E-state index in [-0.39, 0.29) is 34.9 Å². The van der Waals surface area contributed by atoms with Gasteiger partial charge in [-0.2, -0.15) is 4.72 Å². The van der Waals surface area contributed by atoms with Crippen LogP contribution in [0.1, 0.15) is 133 Å². The van der Waals surface area contributed by atoms with Crippen LogP contribution < -0.4 is 4.72 Å². The number of carbonyl (C=O) groups excluding carboxylic acids is 1. The lowest BCUT2D eigenvalue weighted by molar-refractivity contribution is -0.397. The molecule has 4 fully saturated rings. The zero-order valence-electron chi connectivity index (χ0n) is 38.9. The average molecular weight is 925 g/mol. The van der Waals surface area contributed by atoms with Gasteiger partial charge < -0.3 is 39.0 Å². The predicted octanol–water partition coefficient (Wildman–Crippen LogP) is 7.83. The molecule has 0 radical (unpaired) electrons. The summed E-state index contributed by atoms with van der Waals surface area (Å²) >= 11 is 6.11. The second kappa shape index (κ2) is 19.3. The van der Waals surface area contributed by atoms with E-state index in [0.29, 0.717) is 56.4 Å². The molecule has 0 aromatic heterocycles. The quantitative estimate of drug-likeness (QED) is 0.125. The SMILES string of the molecule is CC[C@@H](C(=O)[C@@H](C)[C@@H](O)[C@H](C)[C@@H]1O[C@@H]([C@@H](CC)C(=O)O)CC[C@@H]1C)[C@H]1O[C@]2(C=C[C@@H](NS(=O)(=O)c3ccc(Cl)cc3)[C@]3(CC[C@@](C)([C@H]4CC[C@](O)(CC)[C@H](C)O4)O3)O2)[C@H](C)C[C@@H]1C. The molecule has 4 N–H and O–H groups in total. The Bertz CT molecular complexity index is 1920. The zero-order chi connectivity index (χ0) is 46.4. The Hall–Kier alpha value is -1.98. The number of aliphatic carboxylic acids is 1. The largest absolute Gasteiger partial charge is 0.481 e. The molecule has 15 heteroatoms. The minimum absolute atomic E-state index is 0.0284. The van der Waals surface area contributed by atoms with Crippen molar-refractivity contribution in [3.8, 4) is 0 Å². The summed E-state index contributed by atoms with van der Waals surface area (Å²) in [7, 11) is -4.11. The standard InChI is InChI=1S/C48H74ClNO12S/c1-11-35(44(53)54)37-19-14-27(4)42(59-37)31(8)40(51)30(7)41(52)36(12-2)43-28(5)26-29(6)47(60-43)23-20-38(50-63(56,57)34-17-15-33(49)16-18-34)48(62-47)25-24-45(10,61-48)39-21-22-46(55,13-3)32(9)58-39/h15-18,20,23,27-32,35-40,42-43,50-51,55H,11-14,19,21-22,24-26H2,1-10H3,(H,53,54)/t27-,28-,29+,30-,31-,32-,35+,36-,37+,38+,39+,40+,42+,43-,45-,46+,47-,48-/m0/s1. The van der Waals surface area contributed by atoms with Crippen LogP contribution in [0.15, 0.2) is 41.3 Å². The number of nitrogens with one attached hydrogen (secondary N) is 1. The van der Waals surface area contributed by atoms with Crippen LogP contribution in [-0.2, 0) is 43.3 Å². The highest BCUT2D eigenvalue weighted by Gasteiger charge is 2.64. The van der Waals surface area contributed by atoms with Gasteiger partial charge in [-0.15, -0.1) is 0 Å². The molecule has 0 aliphatic carbocycles. The summed E-state index contributed by atoms with van der Waals surface area (Å²) in [5.41, 5.74) is -1.88. The first-order valence-corrected chi connectivity index (χ1v) is 25.4. The Morgan fingerprint density at radius 1 is 0.905 bits per heavy atom. The fourth-order valence-electron chi connectivity index (χ4n) is 11.5. The number of rotatable bonds is 15. The first-order valence-electron chi connectivity index (χ1n) is 23.5. The number of aliphatic hydroxyl groups excluding tert-OH is 1. The Kier molecular flexibility index (Phi) is 15.5. The fourth-order valence-corrected chi connectivity index (χ4v) is 12.8. The Morgan fingerprint density at radius 2 is 1.57 bits per heavy atom. The second-order valence-electron chi connectivity index (χ2n) is 20.0. The lowest BCUT2D eigenvalue weighted by Gasteiger charge is -2.55. The van der Waals surface area contributed by atoms with E-state index in [9.17, 15) is 33.3 Å². The summed E-state index contributed by atoms with van der Waals surface area (Å²) in [6, 6.07) is 4.94. The molecule has 5 heterocycles. The summed E-state index contributed by atoms with van der Waals surface area (Å²) in [5, 5.41) is 33.4. The number of carbonyl (C=O) groups is 2. The number of Topliss-reactive ketones (excluding diaryl/α,β-unsaturated/α-hetero) is 1. The van der Waals surface area contributed by atoms with Crippen LogP contribution >= 0.6 is 11.6 Å². The van der Waals surface area contributed by atoms with Crippen LogP contribution in [0.5, 0.6) is 0 Å². The maximum absolute atomic E-state index is 14.7. The minimum Gasteiger partial charge on any atom is -0.481 e. The summed E-state index contributed by atoms with van der Waals surface area (Å²) in [6.07, 6.45) is 5.35. The van der Waals surface area contributed by atoms with Gasteiger partial charge in [0.05, 0.1) is 64.7 Å². The van der Waals surface area contributed by atoms with Gasteiger partial charge in [0.2, 0.25) is 10.0 Å². The van der Waals surface area contributed by atoms with Crippen LogP contribution in [-0.4, -0.2) is 101 Å². The van der Waals surface area contributed by atoms with Crippen molar-refractivity contribution in [1.29, 1.82) is 0 Å². The highest BCUT2D eigenvalue weighted by molar-refractivity contribution is 7.89. The summed E-state index contributed by atoms with van der Waals surface area (Å²) in [5.74, 6) is -6.72. The molecule has 13 nitrogen and oxygen atoms in total. The van der Waals surface area contributed by atoms with E-state index in [1.54, 1.807) is 19.1 Å². The van der Waals surface area contributed by atoms with Crippen molar-refractivity contribution in [3.63, 3.8) is 0 Å². The van der Waals surface area contributed by atoms with Gasteiger partial charge in [-0.25, -0.2) is 8.42 Å². The molecule has 0 unspecified atom stereocenters. The van der Waals surface area contributed by atoms with Gasteiger partial charge in [-0.05, 0) is 114 Å². The highest BCUT2D eigenvalue weighted by Crippen LogP contribution is 2.54. The second-order valence-corrected chi connectivity index (χ2v) is 22.2. The molecule has 6 rings (SSSR count). The van der Waals surface area contributed by atoms with Gasteiger partial charge in [-0.3, -0.25) is 9.59 Å². The number of benzene rings is 1. The van der Waals surface area contributed by atoms with Crippen LogP contribution in [0, 0.1) is 41.4 Å². The summed E-state index contributed by atoms with van der Waals surface area (Å²) < 4.78 is 65.2. The number of ketones is 1. The van der Waals surface area contributed by atoms with Crippen molar-refractivity contribution < 1.29 is 57.0 Å². The fraction of sp³-hybridized carbons (Fsp3) is 0.792. The molecule has 0 amide bonds. The van der Waals surface area contributed by atoms with E-state index in [4.69, 9.17) is 35.3 Å². The third kappa shape index (κ3) is 9.88. The number of carboxylic acids is 1. The van der Waals surface area contributed by atoms with E-state index in [0.717, 1.165) is 6.42 Å². The van der Waals surface area contributed by atoms with Crippen LogP contribution in [0.4, 0.5) is 0 Å². The zero-order valence-corrected chi connectivity index (χ0v) is 40.5. The Labute approximate surface area is 380 Å². The van der Waals surface area contributed by atoms with Crippen LogP contribution in [0.25, 0.3) is 0 Å². The third-order valence-corrected chi connectivity index (χ3v) is 17.6. The monoisotopic (exact) mass is 923 g/mol. The Balaban J connectivity index is 1.27. The molecule has 0 saturated carbocycles. The number of hydrogen-bond donors (Lipinski definition) is 4. The van der Waals surface area contributed by atoms with E-state index < -0.39 is 105 Å².